The second-order valence-electron chi connectivity index (χ2n) is 6.82. The Kier molecular flexibility index (Phi) is 5.27. The first kappa shape index (κ1) is 18.0. The van der Waals surface area contributed by atoms with Crippen molar-refractivity contribution in [2.75, 3.05) is 6.54 Å². The minimum atomic E-state index is -0.252. The van der Waals surface area contributed by atoms with Crippen molar-refractivity contribution in [2.24, 2.45) is 11.7 Å². The zero-order chi connectivity index (χ0) is 18.7. The Morgan fingerprint density at radius 3 is 2.77 bits per heavy atom. The summed E-state index contributed by atoms with van der Waals surface area (Å²) < 4.78 is 1.66. The monoisotopic (exact) mass is 352 g/mol. The molecule has 0 saturated carbocycles. The van der Waals surface area contributed by atoms with Gasteiger partial charge in [0.2, 0.25) is 0 Å². The van der Waals surface area contributed by atoms with E-state index in [-0.39, 0.29) is 11.9 Å². The Hall–Kier alpha value is -2.80. The van der Waals surface area contributed by atoms with Crippen LogP contribution in [0.1, 0.15) is 36.5 Å². The number of aromatic nitrogens is 4. The minimum absolute atomic E-state index is 0.0775. The molecule has 3 N–H and O–H groups in total. The lowest BCUT2D eigenvalue weighted by atomic mass is 10.0. The summed E-state index contributed by atoms with van der Waals surface area (Å²) in [5, 5.41) is 12.3. The van der Waals surface area contributed by atoms with Gasteiger partial charge >= 0.3 is 0 Å². The molecule has 1 atom stereocenters. The van der Waals surface area contributed by atoms with E-state index in [1.54, 1.807) is 10.9 Å². The highest BCUT2D eigenvalue weighted by atomic mass is 16.2. The van der Waals surface area contributed by atoms with E-state index in [0.717, 1.165) is 23.0 Å². The number of hydrogen-bond acceptors (Lipinski definition) is 5. The van der Waals surface area contributed by atoms with Gasteiger partial charge in [-0.3, -0.25) is 9.78 Å². The Labute approximate surface area is 152 Å². The van der Waals surface area contributed by atoms with Crippen LogP contribution in [0.25, 0.3) is 16.6 Å². The Morgan fingerprint density at radius 2 is 2.04 bits per heavy atom. The molecule has 0 aliphatic carbocycles. The van der Waals surface area contributed by atoms with Gasteiger partial charge in [-0.2, -0.15) is 0 Å². The first-order chi connectivity index (χ1) is 12.5. The van der Waals surface area contributed by atoms with Crippen molar-refractivity contribution in [3.63, 3.8) is 0 Å². The number of benzene rings is 1. The van der Waals surface area contributed by atoms with Crippen LogP contribution in [0.5, 0.6) is 0 Å². The van der Waals surface area contributed by atoms with Crippen LogP contribution in [-0.4, -0.2) is 38.5 Å². The fraction of sp³-hybridized carbons (Fsp3) is 0.368. The van der Waals surface area contributed by atoms with Crippen molar-refractivity contribution < 1.29 is 4.79 Å². The largest absolute Gasteiger partial charge is 0.347 e. The molecular formula is C19H24N6O. The van der Waals surface area contributed by atoms with E-state index in [4.69, 9.17) is 5.73 Å². The number of fused-ring (bicyclic) bond motifs is 1. The zero-order valence-electron chi connectivity index (χ0n) is 15.3. The molecule has 2 aromatic heterocycles. The van der Waals surface area contributed by atoms with Gasteiger partial charge in [-0.05, 0) is 31.4 Å². The number of amides is 1. The van der Waals surface area contributed by atoms with Gasteiger partial charge in [0.05, 0.1) is 16.9 Å². The molecule has 0 bridgehead atoms. The van der Waals surface area contributed by atoms with Crippen LogP contribution in [-0.2, 0) is 0 Å². The quantitative estimate of drug-likeness (QED) is 0.709. The first-order valence-electron chi connectivity index (χ1n) is 8.78. The van der Waals surface area contributed by atoms with Gasteiger partial charge < -0.3 is 11.1 Å². The summed E-state index contributed by atoms with van der Waals surface area (Å²) in [5.41, 5.74) is 8.36. The van der Waals surface area contributed by atoms with E-state index in [2.05, 4.69) is 34.5 Å². The van der Waals surface area contributed by atoms with E-state index < -0.39 is 0 Å². The highest BCUT2D eigenvalue weighted by Gasteiger charge is 2.21. The van der Waals surface area contributed by atoms with Crippen molar-refractivity contribution >= 4 is 16.8 Å². The number of pyridine rings is 1. The van der Waals surface area contributed by atoms with Crippen molar-refractivity contribution in [3.8, 4) is 5.69 Å². The van der Waals surface area contributed by atoms with Gasteiger partial charge in [-0.15, -0.1) is 5.10 Å². The van der Waals surface area contributed by atoms with Crippen LogP contribution >= 0.6 is 0 Å². The third kappa shape index (κ3) is 3.57. The number of hydrogen-bond donors (Lipinski definition) is 2. The number of para-hydroxylation sites is 1. The summed E-state index contributed by atoms with van der Waals surface area (Å²) in [5.74, 6) is 0.195. The lowest BCUT2D eigenvalue weighted by Gasteiger charge is -2.18. The Bertz CT molecular complexity index is 912. The zero-order valence-corrected chi connectivity index (χ0v) is 15.3. The average Bonchev–Trinajstić information content (AvgIpc) is 3.01. The standard InChI is InChI=1S/C19H24N6O/c1-12(2)10-15(11-20)22-19(26)17-13(3)25(24-23-17)16-8-4-6-14-7-5-9-21-18(14)16/h4-9,12,15H,10-11,20H2,1-3H3,(H,22,26). The van der Waals surface area contributed by atoms with Crippen molar-refractivity contribution in [2.45, 2.75) is 33.2 Å². The summed E-state index contributed by atoms with van der Waals surface area (Å²) in [4.78, 5) is 17.1. The topological polar surface area (TPSA) is 98.7 Å². The summed E-state index contributed by atoms with van der Waals surface area (Å²) >= 11 is 0. The van der Waals surface area contributed by atoms with Gasteiger partial charge in [0, 0.05) is 24.2 Å². The number of nitrogens with one attached hydrogen (secondary N) is 1. The number of nitrogens with two attached hydrogens (primary N) is 1. The van der Waals surface area contributed by atoms with E-state index in [0.29, 0.717) is 23.9 Å². The number of carbonyl (C=O) groups is 1. The summed E-state index contributed by atoms with van der Waals surface area (Å²) in [6.45, 7) is 6.43. The highest BCUT2D eigenvalue weighted by Crippen LogP contribution is 2.21. The van der Waals surface area contributed by atoms with E-state index >= 15 is 0 Å². The van der Waals surface area contributed by atoms with Gasteiger partial charge in [0.1, 0.15) is 0 Å². The first-order valence-corrected chi connectivity index (χ1v) is 8.78. The second-order valence-corrected chi connectivity index (χ2v) is 6.82. The maximum Gasteiger partial charge on any atom is 0.274 e. The van der Waals surface area contributed by atoms with Crippen LogP contribution in [0.4, 0.5) is 0 Å². The fourth-order valence-electron chi connectivity index (χ4n) is 3.06. The molecule has 3 aromatic rings. The van der Waals surface area contributed by atoms with Gasteiger partial charge in [-0.1, -0.05) is 37.3 Å². The molecule has 0 aliphatic heterocycles. The second kappa shape index (κ2) is 7.61. The molecule has 7 heteroatoms. The summed E-state index contributed by atoms with van der Waals surface area (Å²) in [6.07, 6.45) is 2.56. The van der Waals surface area contributed by atoms with Gasteiger partial charge in [-0.25, -0.2) is 4.68 Å². The maximum atomic E-state index is 12.6. The van der Waals surface area contributed by atoms with Crippen molar-refractivity contribution in [1.29, 1.82) is 0 Å². The van der Waals surface area contributed by atoms with Crippen LogP contribution in [0.2, 0.25) is 0 Å². The van der Waals surface area contributed by atoms with Gasteiger partial charge in [0.15, 0.2) is 5.69 Å². The molecule has 1 unspecified atom stereocenters. The number of nitrogens with zero attached hydrogens (tertiary/aromatic N) is 4. The normalized spacial score (nSPS) is 12.5. The van der Waals surface area contributed by atoms with Gasteiger partial charge in [0.25, 0.3) is 5.91 Å². The molecule has 0 spiro atoms. The average molecular weight is 352 g/mol. The molecule has 3 rings (SSSR count). The van der Waals surface area contributed by atoms with Crippen LogP contribution < -0.4 is 11.1 Å². The molecule has 0 saturated heterocycles. The molecular weight excluding hydrogens is 328 g/mol. The van der Waals surface area contributed by atoms with Crippen molar-refractivity contribution in [3.05, 3.63) is 47.9 Å². The molecule has 26 heavy (non-hydrogen) atoms. The smallest absolute Gasteiger partial charge is 0.274 e. The summed E-state index contributed by atoms with van der Waals surface area (Å²) in [7, 11) is 0. The predicted octanol–water partition coefficient (Wildman–Crippen LogP) is 2.23. The molecule has 7 nitrogen and oxygen atoms in total. The van der Waals surface area contributed by atoms with Crippen molar-refractivity contribution in [1.82, 2.24) is 25.3 Å². The lowest BCUT2D eigenvalue weighted by Crippen LogP contribution is -2.41. The molecule has 2 heterocycles. The molecule has 136 valence electrons. The minimum Gasteiger partial charge on any atom is -0.347 e. The third-order valence-corrected chi connectivity index (χ3v) is 4.32. The third-order valence-electron chi connectivity index (χ3n) is 4.32. The molecule has 1 amide bonds. The fourth-order valence-corrected chi connectivity index (χ4v) is 3.06. The van der Waals surface area contributed by atoms with Crippen LogP contribution in [0, 0.1) is 12.8 Å². The highest BCUT2D eigenvalue weighted by molar-refractivity contribution is 5.94. The Morgan fingerprint density at radius 1 is 1.27 bits per heavy atom. The summed E-state index contributed by atoms with van der Waals surface area (Å²) in [6, 6.07) is 9.65. The van der Waals surface area contributed by atoms with Crippen LogP contribution in [0.3, 0.4) is 0 Å². The Balaban J connectivity index is 1.91. The SMILES string of the molecule is Cc1c(C(=O)NC(CN)CC(C)C)nnn1-c1cccc2cccnc12. The molecule has 1 aromatic carbocycles. The molecule has 0 aliphatic rings. The number of rotatable bonds is 6. The molecule has 0 fully saturated rings. The lowest BCUT2D eigenvalue weighted by molar-refractivity contribution is 0.0928. The van der Waals surface area contributed by atoms with E-state index in [1.807, 2.05) is 37.3 Å². The van der Waals surface area contributed by atoms with E-state index in [9.17, 15) is 4.79 Å². The predicted molar refractivity (Wildman–Crippen MR) is 101 cm³/mol. The van der Waals surface area contributed by atoms with E-state index in [1.165, 1.54) is 0 Å². The van der Waals surface area contributed by atoms with Crippen LogP contribution in [0.15, 0.2) is 36.5 Å². The molecule has 0 radical (unpaired) electrons. The number of carbonyl (C=O) groups excluding carboxylic acids is 1. The maximum absolute atomic E-state index is 12.6.